The molecule has 8 nitrogen and oxygen atoms in total. The van der Waals surface area contributed by atoms with Gasteiger partial charge in [-0.05, 0) is 18.2 Å². The van der Waals surface area contributed by atoms with Crippen molar-refractivity contribution in [3.8, 4) is 0 Å². The molecule has 0 fully saturated rings. The van der Waals surface area contributed by atoms with E-state index in [4.69, 9.17) is 0 Å². The Labute approximate surface area is 149 Å². The molecule has 1 aromatic carbocycles. The van der Waals surface area contributed by atoms with Gasteiger partial charge in [-0.15, -0.1) is 0 Å². The van der Waals surface area contributed by atoms with Gasteiger partial charge in [0.1, 0.15) is 5.65 Å². The van der Waals surface area contributed by atoms with Crippen molar-refractivity contribution in [1.29, 1.82) is 0 Å². The topological polar surface area (TPSA) is 100 Å². The zero-order valence-corrected chi connectivity index (χ0v) is 14.5. The zero-order valence-electron chi connectivity index (χ0n) is 14.5. The molecule has 26 heavy (non-hydrogen) atoms. The summed E-state index contributed by atoms with van der Waals surface area (Å²) in [6.45, 7) is 1.07. The minimum absolute atomic E-state index is 0.196. The highest BCUT2D eigenvalue weighted by Gasteiger charge is 2.11. The van der Waals surface area contributed by atoms with Gasteiger partial charge in [0, 0.05) is 39.1 Å². The molecule has 3 rings (SSSR count). The normalized spacial score (nSPS) is 10.7. The van der Waals surface area contributed by atoms with Crippen molar-refractivity contribution in [1.82, 2.24) is 19.9 Å². The first-order valence-corrected chi connectivity index (χ1v) is 8.11. The summed E-state index contributed by atoms with van der Waals surface area (Å²) in [7, 11) is 3.45. The maximum atomic E-state index is 12.3. The first kappa shape index (κ1) is 17.4. The number of aryl methyl sites for hydroxylation is 1. The molecular weight excluding hydrogens is 334 g/mol. The maximum Gasteiger partial charge on any atom is 0.329 e. The Kier molecular flexibility index (Phi) is 4.83. The summed E-state index contributed by atoms with van der Waals surface area (Å²) >= 11 is 0. The number of pyridine rings is 1. The van der Waals surface area contributed by atoms with Crippen molar-refractivity contribution < 1.29 is 4.79 Å². The number of aromatic amines is 1. The van der Waals surface area contributed by atoms with Crippen LogP contribution < -0.4 is 21.5 Å². The average molecular weight is 353 g/mol. The molecule has 8 heteroatoms. The van der Waals surface area contributed by atoms with Crippen LogP contribution in [0.4, 0.5) is 5.69 Å². The Hall–Kier alpha value is -3.42. The molecule has 0 aliphatic rings. The van der Waals surface area contributed by atoms with Crippen LogP contribution in [0.5, 0.6) is 0 Å². The van der Waals surface area contributed by atoms with E-state index in [1.165, 1.54) is 23.9 Å². The second-order valence-corrected chi connectivity index (χ2v) is 5.93. The van der Waals surface area contributed by atoms with Crippen molar-refractivity contribution in [2.75, 3.05) is 25.0 Å². The lowest BCUT2D eigenvalue weighted by atomic mass is 10.2. The first-order chi connectivity index (χ1) is 12.5. The van der Waals surface area contributed by atoms with Crippen LogP contribution in [-0.4, -0.2) is 40.6 Å². The fraction of sp³-hybridized carbons (Fsp3) is 0.222. The molecule has 0 aliphatic heterocycles. The van der Waals surface area contributed by atoms with Gasteiger partial charge in [0.15, 0.2) is 0 Å². The lowest BCUT2D eigenvalue weighted by molar-refractivity contribution is 0.0954. The van der Waals surface area contributed by atoms with Crippen molar-refractivity contribution in [3.63, 3.8) is 0 Å². The molecule has 3 aromatic rings. The minimum Gasteiger partial charge on any atom is -0.373 e. The standard InChI is InChI=1S/C18H19N5O3/c1-22(13-6-4-3-5-7-13)9-8-19-16(24)12-10-14-15(20-11-12)23(2)18(26)21-17(14)25/h3-7,10-11H,8-9H2,1-2H3,(H,19,24)(H,21,25,26). The summed E-state index contributed by atoms with van der Waals surface area (Å²) in [5.41, 5.74) is 0.454. The number of likely N-dealkylation sites (N-methyl/N-ethyl adjacent to an activating group) is 1. The van der Waals surface area contributed by atoms with Gasteiger partial charge in [0.05, 0.1) is 10.9 Å². The number of nitrogens with zero attached hydrogens (tertiary/aromatic N) is 3. The number of anilines is 1. The van der Waals surface area contributed by atoms with Gasteiger partial charge in [-0.1, -0.05) is 18.2 Å². The fourth-order valence-electron chi connectivity index (χ4n) is 2.61. The Bertz CT molecular complexity index is 1060. The van der Waals surface area contributed by atoms with Crippen LogP contribution in [0.3, 0.4) is 0 Å². The van der Waals surface area contributed by atoms with E-state index >= 15 is 0 Å². The summed E-state index contributed by atoms with van der Waals surface area (Å²) in [4.78, 5) is 44.1. The lowest BCUT2D eigenvalue weighted by Gasteiger charge is -2.19. The number of carbonyl (C=O) groups is 1. The number of nitrogens with one attached hydrogen (secondary N) is 2. The summed E-state index contributed by atoms with van der Waals surface area (Å²) in [5, 5.41) is 3.00. The molecule has 0 saturated heterocycles. The predicted molar refractivity (Wildman–Crippen MR) is 99.6 cm³/mol. The number of aromatic nitrogens is 3. The number of hydrogen-bond donors (Lipinski definition) is 2. The minimum atomic E-state index is -0.561. The van der Waals surface area contributed by atoms with Crippen molar-refractivity contribution in [2.24, 2.45) is 7.05 Å². The Balaban J connectivity index is 1.70. The van der Waals surface area contributed by atoms with Crippen LogP contribution in [0.1, 0.15) is 10.4 Å². The van der Waals surface area contributed by atoms with E-state index in [1.807, 2.05) is 42.3 Å². The van der Waals surface area contributed by atoms with E-state index in [1.54, 1.807) is 0 Å². The highest BCUT2D eigenvalue weighted by molar-refractivity contribution is 5.96. The number of rotatable bonds is 5. The Morgan fingerprint density at radius 2 is 2.00 bits per heavy atom. The molecule has 0 aliphatic carbocycles. The molecule has 0 saturated carbocycles. The summed E-state index contributed by atoms with van der Waals surface area (Å²) in [6, 6.07) is 11.3. The van der Waals surface area contributed by atoms with Crippen LogP contribution in [-0.2, 0) is 7.05 Å². The number of H-pyrrole nitrogens is 1. The van der Waals surface area contributed by atoms with E-state index in [0.29, 0.717) is 13.1 Å². The van der Waals surface area contributed by atoms with Crippen LogP contribution in [0, 0.1) is 0 Å². The smallest absolute Gasteiger partial charge is 0.329 e. The van der Waals surface area contributed by atoms with E-state index < -0.39 is 11.2 Å². The van der Waals surface area contributed by atoms with Gasteiger partial charge in [-0.3, -0.25) is 19.1 Å². The summed E-state index contributed by atoms with van der Waals surface area (Å²) in [5.74, 6) is -0.325. The molecular formula is C18H19N5O3. The van der Waals surface area contributed by atoms with Gasteiger partial charge in [-0.2, -0.15) is 0 Å². The van der Waals surface area contributed by atoms with Crippen LogP contribution in [0.25, 0.3) is 11.0 Å². The van der Waals surface area contributed by atoms with Gasteiger partial charge in [0.25, 0.3) is 11.5 Å². The molecule has 0 unspecified atom stereocenters. The first-order valence-electron chi connectivity index (χ1n) is 8.11. The van der Waals surface area contributed by atoms with E-state index in [0.717, 1.165) is 5.69 Å². The van der Waals surface area contributed by atoms with Crippen LogP contribution in [0.2, 0.25) is 0 Å². The summed E-state index contributed by atoms with van der Waals surface area (Å²) < 4.78 is 1.23. The van der Waals surface area contributed by atoms with Crippen molar-refractivity contribution >= 4 is 22.6 Å². The molecule has 2 aromatic heterocycles. The van der Waals surface area contributed by atoms with Gasteiger partial charge in [0.2, 0.25) is 0 Å². The number of amides is 1. The predicted octanol–water partition coefficient (Wildman–Crippen LogP) is 0.488. The largest absolute Gasteiger partial charge is 0.373 e. The summed E-state index contributed by atoms with van der Waals surface area (Å²) in [6.07, 6.45) is 1.36. The molecule has 2 N–H and O–H groups in total. The van der Waals surface area contributed by atoms with Gasteiger partial charge < -0.3 is 10.2 Å². The van der Waals surface area contributed by atoms with Crippen LogP contribution >= 0.6 is 0 Å². The van der Waals surface area contributed by atoms with Crippen molar-refractivity contribution in [3.05, 3.63) is 69.0 Å². The number of carbonyl (C=O) groups excluding carboxylic acids is 1. The quantitative estimate of drug-likeness (QED) is 0.695. The molecule has 0 atom stereocenters. The van der Waals surface area contributed by atoms with Crippen molar-refractivity contribution in [2.45, 2.75) is 0 Å². The highest BCUT2D eigenvalue weighted by Crippen LogP contribution is 2.10. The third-order valence-corrected chi connectivity index (χ3v) is 4.15. The Morgan fingerprint density at radius 1 is 1.27 bits per heavy atom. The number of fused-ring (bicyclic) bond motifs is 1. The van der Waals surface area contributed by atoms with Crippen LogP contribution in [0.15, 0.2) is 52.2 Å². The average Bonchev–Trinajstić information content (AvgIpc) is 2.66. The molecule has 0 radical (unpaired) electrons. The SMILES string of the molecule is CN(CCNC(=O)c1cnc2c(c1)c(=O)[nH]c(=O)n2C)c1ccccc1. The maximum absolute atomic E-state index is 12.3. The number of hydrogen-bond acceptors (Lipinski definition) is 5. The second-order valence-electron chi connectivity index (χ2n) is 5.93. The van der Waals surface area contributed by atoms with E-state index in [9.17, 15) is 14.4 Å². The fourth-order valence-corrected chi connectivity index (χ4v) is 2.61. The molecule has 2 heterocycles. The van der Waals surface area contributed by atoms with Gasteiger partial charge >= 0.3 is 5.69 Å². The van der Waals surface area contributed by atoms with E-state index in [-0.39, 0.29) is 22.5 Å². The third kappa shape index (κ3) is 3.49. The molecule has 0 bridgehead atoms. The molecule has 0 spiro atoms. The monoisotopic (exact) mass is 353 g/mol. The highest BCUT2D eigenvalue weighted by atomic mass is 16.2. The molecule has 134 valence electrons. The Morgan fingerprint density at radius 3 is 2.73 bits per heavy atom. The van der Waals surface area contributed by atoms with Gasteiger partial charge in [-0.25, -0.2) is 9.78 Å². The lowest BCUT2D eigenvalue weighted by Crippen LogP contribution is -2.33. The number of para-hydroxylation sites is 1. The zero-order chi connectivity index (χ0) is 18.7. The number of benzene rings is 1. The van der Waals surface area contributed by atoms with E-state index in [2.05, 4.69) is 15.3 Å². The molecule has 1 amide bonds. The second kappa shape index (κ2) is 7.22. The third-order valence-electron chi connectivity index (χ3n) is 4.15.